The Kier molecular flexibility index (Phi) is 4.12. The van der Waals surface area contributed by atoms with Gasteiger partial charge in [-0.1, -0.05) is 12.1 Å². The van der Waals surface area contributed by atoms with E-state index >= 15 is 0 Å². The van der Waals surface area contributed by atoms with E-state index in [9.17, 15) is 4.39 Å². The van der Waals surface area contributed by atoms with Gasteiger partial charge in [0.1, 0.15) is 17.5 Å². The Morgan fingerprint density at radius 3 is 2.58 bits per heavy atom. The van der Waals surface area contributed by atoms with Crippen molar-refractivity contribution in [2.24, 2.45) is 0 Å². The molecule has 0 bridgehead atoms. The minimum absolute atomic E-state index is 0.195. The largest absolute Gasteiger partial charge is 0.370 e. The van der Waals surface area contributed by atoms with Crippen LogP contribution in [0.2, 0.25) is 0 Å². The number of nitrogen functional groups attached to an aromatic ring is 1. The normalized spacial score (nSPS) is 10.2. The van der Waals surface area contributed by atoms with Crippen molar-refractivity contribution in [1.82, 2.24) is 9.97 Å². The van der Waals surface area contributed by atoms with Crippen LogP contribution in [0.15, 0.2) is 30.3 Å². The molecule has 0 aliphatic heterocycles. The van der Waals surface area contributed by atoms with Crippen LogP contribution in [-0.4, -0.2) is 16.5 Å². The van der Waals surface area contributed by atoms with Crippen molar-refractivity contribution in [2.45, 2.75) is 13.5 Å². The van der Waals surface area contributed by atoms with Gasteiger partial charge in [0.25, 0.3) is 0 Å². The van der Waals surface area contributed by atoms with Crippen LogP contribution in [0.25, 0.3) is 0 Å². The van der Waals surface area contributed by atoms with Crippen molar-refractivity contribution in [1.29, 1.82) is 0 Å². The predicted octanol–water partition coefficient (Wildman–Crippen LogP) is 2.24. The summed E-state index contributed by atoms with van der Waals surface area (Å²) in [6.45, 7) is 3.19. The molecular formula is C13H16FN5. The monoisotopic (exact) mass is 261 g/mol. The van der Waals surface area contributed by atoms with Crippen LogP contribution >= 0.6 is 0 Å². The summed E-state index contributed by atoms with van der Waals surface area (Å²) >= 11 is 0. The van der Waals surface area contributed by atoms with Crippen molar-refractivity contribution < 1.29 is 4.39 Å². The Bertz CT molecular complexity index is 558. The Morgan fingerprint density at radius 2 is 1.89 bits per heavy atom. The van der Waals surface area contributed by atoms with E-state index in [1.165, 1.54) is 12.1 Å². The first-order valence-electron chi connectivity index (χ1n) is 6.04. The Hall–Kier alpha value is -2.37. The number of nitrogens with one attached hydrogen (secondary N) is 2. The topological polar surface area (TPSA) is 75.9 Å². The highest BCUT2D eigenvalue weighted by atomic mass is 19.1. The number of benzene rings is 1. The van der Waals surface area contributed by atoms with Gasteiger partial charge >= 0.3 is 0 Å². The summed E-state index contributed by atoms with van der Waals surface area (Å²) in [5, 5.41) is 6.15. The zero-order valence-corrected chi connectivity index (χ0v) is 10.7. The summed E-state index contributed by atoms with van der Waals surface area (Å²) in [6.07, 6.45) is 0. The van der Waals surface area contributed by atoms with Gasteiger partial charge in [-0.3, -0.25) is 0 Å². The lowest BCUT2D eigenvalue weighted by Crippen LogP contribution is -2.07. The second-order valence-corrected chi connectivity index (χ2v) is 4.01. The predicted molar refractivity (Wildman–Crippen MR) is 74.3 cm³/mol. The van der Waals surface area contributed by atoms with Gasteiger partial charge in [-0.25, -0.2) is 4.39 Å². The molecule has 1 heterocycles. The quantitative estimate of drug-likeness (QED) is 0.769. The molecule has 0 unspecified atom stereocenters. The third-order valence-electron chi connectivity index (χ3n) is 2.46. The maximum atomic E-state index is 13.0. The summed E-state index contributed by atoms with van der Waals surface area (Å²) in [6, 6.07) is 8.16. The van der Waals surface area contributed by atoms with E-state index in [1.54, 1.807) is 12.1 Å². The van der Waals surface area contributed by atoms with E-state index < -0.39 is 0 Å². The smallest absolute Gasteiger partial charge is 0.223 e. The van der Waals surface area contributed by atoms with E-state index in [1.807, 2.05) is 13.0 Å². The molecule has 6 heteroatoms. The molecule has 0 saturated heterocycles. The fraction of sp³-hybridized carbons (Fsp3) is 0.231. The highest BCUT2D eigenvalue weighted by Crippen LogP contribution is 2.13. The van der Waals surface area contributed by atoms with Crippen LogP contribution in [0, 0.1) is 5.82 Å². The average molecular weight is 261 g/mol. The summed E-state index contributed by atoms with van der Waals surface area (Å²) in [4.78, 5) is 8.12. The number of hydrogen-bond acceptors (Lipinski definition) is 5. The van der Waals surface area contributed by atoms with Crippen LogP contribution < -0.4 is 16.4 Å². The van der Waals surface area contributed by atoms with Gasteiger partial charge in [-0.2, -0.15) is 9.97 Å². The van der Waals surface area contributed by atoms with E-state index in [2.05, 4.69) is 20.6 Å². The Balaban J connectivity index is 2.06. The third kappa shape index (κ3) is 3.80. The van der Waals surface area contributed by atoms with E-state index in [4.69, 9.17) is 5.73 Å². The van der Waals surface area contributed by atoms with Gasteiger partial charge in [0.05, 0.1) is 0 Å². The zero-order valence-electron chi connectivity index (χ0n) is 10.7. The fourth-order valence-corrected chi connectivity index (χ4v) is 1.67. The van der Waals surface area contributed by atoms with Crippen molar-refractivity contribution in [3.63, 3.8) is 0 Å². The molecule has 1 aromatic heterocycles. The highest BCUT2D eigenvalue weighted by molar-refractivity contribution is 5.51. The van der Waals surface area contributed by atoms with Crippen molar-refractivity contribution in [3.8, 4) is 0 Å². The van der Waals surface area contributed by atoms with Crippen molar-refractivity contribution in [3.05, 3.63) is 41.7 Å². The molecule has 0 atom stereocenters. The van der Waals surface area contributed by atoms with Crippen LogP contribution in [0.3, 0.4) is 0 Å². The molecule has 0 saturated carbocycles. The minimum atomic E-state index is -0.255. The molecule has 0 fully saturated rings. The lowest BCUT2D eigenvalue weighted by atomic mass is 10.2. The minimum Gasteiger partial charge on any atom is -0.370 e. The van der Waals surface area contributed by atoms with Crippen molar-refractivity contribution in [2.75, 3.05) is 22.9 Å². The summed E-state index contributed by atoms with van der Waals surface area (Å²) in [7, 11) is 0. The van der Waals surface area contributed by atoms with E-state index in [0.29, 0.717) is 18.2 Å². The van der Waals surface area contributed by atoms with Gasteiger partial charge in [0.15, 0.2) is 0 Å². The van der Waals surface area contributed by atoms with Gasteiger partial charge in [-0.15, -0.1) is 0 Å². The van der Waals surface area contributed by atoms with Gasteiger partial charge in [0.2, 0.25) is 5.95 Å². The Labute approximate surface area is 111 Å². The molecule has 0 aliphatic rings. The maximum absolute atomic E-state index is 13.0. The van der Waals surface area contributed by atoms with Crippen LogP contribution in [0.5, 0.6) is 0 Å². The van der Waals surface area contributed by atoms with E-state index in [-0.39, 0.29) is 11.8 Å². The summed E-state index contributed by atoms with van der Waals surface area (Å²) in [5.74, 6) is 1.21. The SMILES string of the molecule is CCNc1cc(NCc2cccc(F)c2)nc(N)n1. The highest BCUT2D eigenvalue weighted by Gasteiger charge is 2.02. The molecule has 0 amide bonds. The molecule has 4 N–H and O–H groups in total. The average Bonchev–Trinajstić information content (AvgIpc) is 2.36. The summed E-state index contributed by atoms with van der Waals surface area (Å²) in [5.41, 5.74) is 6.46. The third-order valence-corrected chi connectivity index (χ3v) is 2.46. The van der Waals surface area contributed by atoms with E-state index in [0.717, 1.165) is 12.1 Å². The lowest BCUT2D eigenvalue weighted by Gasteiger charge is -2.09. The number of hydrogen-bond donors (Lipinski definition) is 3. The molecule has 5 nitrogen and oxygen atoms in total. The molecule has 100 valence electrons. The number of halogens is 1. The Morgan fingerprint density at radius 1 is 1.16 bits per heavy atom. The van der Waals surface area contributed by atoms with Crippen LogP contribution in [0.1, 0.15) is 12.5 Å². The van der Waals surface area contributed by atoms with Gasteiger partial charge < -0.3 is 16.4 Å². The first kappa shape index (κ1) is 13.1. The van der Waals surface area contributed by atoms with Gasteiger partial charge in [-0.05, 0) is 24.6 Å². The van der Waals surface area contributed by atoms with Gasteiger partial charge in [0, 0.05) is 19.2 Å². The molecule has 19 heavy (non-hydrogen) atoms. The number of nitrogens with two attached hydrogens (primary N) is 1. The molecule has 0 spiro atoms. The standard InChI is InChI=1S/C13H16FN5/c1-2-16-11-7-12(19-13(15)18-11)17-8-9-4-3-5-10(14)6-9/h3-7H,2,8H2,1H3,(H4,15,16,17,18,19). The van der Waals surface area contributed by atoms with Crippen LogP contribution in [0.4, 0.5) is 22.0 Å². The first-order chi connectivity index (χ1) is 9.17. The first-order valence-corrected chi connectivity index (χ1v) is 6.04. The number of aromatic nitrogens is 2. The molecular weight excluding hydrogens is 245 g/mol. The van der Waals surface area contributed by atoms with Crippen molar-refractivity contribution >= 4 is 17.6 Å². The lowest BCUT2D eigenvalue weighted by molar-refractivity contribution is 0.626. The maximum Gasteiger partial charge on any atom is 0.223 e. The second-order valence-electron chi connectivity index (χ2n) is 4.01. The fourth-order valence-electron chi connectivity index (χ4n) is 1.67. The second kappa shape index (κ2) is 5.99. The number of rotatable bonds is 5. The number of nitrogens with zero attached hydrogens (tertiary/aromatic N) is 2. The zero-order chi connectivity index (χ0) is 13.7. The molecule has 0 aliphatic carbocycles. The van der Waals surface area contributed by atoms with Crippen LogP contribution in [-0.2, 0) is 6.54 Å². The summed E-state index contributed by atoms with van der Waals surface area (Å²) < 4.78 is 13.0. The molecule has 1 aromatic carbocycles. The molecule has 2 aromatic rings. The molecule has 0 radical (unpaired) electrons. The molecule has 2 rings (SSSR count). The number of anilines is 3.